The van der Waals surface area contributed by atoms with Crippen molar-refractivity contribution in [2.45, 2.75) is 51.0 Å². The number of piperidine rings is 1. The lowest BCUT2D eigenvalue weighted by atomic mass is 9.79. The quantitative estimate of drug-likeness (QED) is 0.838. The van der Waals surface area contributed by atoms with Crippen molar-refractivity contribution in [2.24, 2.45) is 13.0 Å². The molecule has 2 aliphatic rings. The van der Waals surface area contributed by atoms with Crippen LogP contribution in [0.1, 0.15) is 55.4 Å². The van der Waals surface area contributed by atoms with E-state index in [-0.39, 0.29) is 17.9 Å². The standard InChI is InChI=1S/C16H23N3O2/c1-18-11-17-10-14(18)16(21)19-9-5-4-7-13(19)12-6-2-3-8-15(12)20/h10-13H,2-9H2,1H3. The molecular formula is C16H23N3O2. The Hall–Kier alpha value is -1.65. The molecule has 1 amide bonds. The van der Waals surface area contributed by atoms with Crippen molar-refractivity contribution in [2.75, 3.05) is 6.54 Å². The summed E-state index contributed by atoms with van der Waals surface area (Å²) in [6, 6.07) is 0.0916. The number of Topliss-reactive ketones (excluding diaryl/α,β-unsaturated/α-hetero) is 1. The number of likely N-dealkylation sites (tertiary alicyclic amines) is 1. The first-order valence-electron chi connectivity index (χ1n) is 7.98. The number of carbonyl (C=O) groups excluding carboxylic acids is 2. The van der Waals surface area contributed by atoms with Crippen molar-refractivity contribution >= 4 is 11.7 Å². The first kappa shape index (κ1) is 14.3. The number of rotatable bonds is 2. The number of imidazole rings is 1. The third-order valence-corrected chi connectivity index (χ3v) is 4.91. The Morgan fingerprint density at radius 3 is 2.76 bits per heavy atom. The maximum Gasteiger partial charge on any atom is 0.272 e. The number of aromatic nitrogens is 2. The maximum absolute atomic E-state index is 12.8. The first-order chi connectivity index (χ1) is 10.2. The van der Waals surface area contributed by atoms with Crippen molar-refractivity contribution in [1.82, 2.24) is 14.5 Å². The van der Waals surface area contributed by atoms with Crippen LogP contribution in [0.2, 0.25) is 0 Å². The van der Waals surface area contributed by atoms with Gasteiger partial charge in [0, 0.05) is 32.0 Å². The van der Waals surface area contributed by atoms with E-state index in [1.54, 1.807) is 17.1 Å². The van der Waals surface area contributed by atoms with Crippen LogP contribution >= 0.6 is 0 Å². The van der Waals surface area contributed by atoms with E-state index in [1.165, 1.54) is 0 Å². The minimum absolute atomic E-state index is 0.0260. The Labute approximate surface area is 125 Å². The molecule has 5 heteroatoms. The highest BCUT2D eigenvalue weighted by molar-refractivity contribution is 5.93. The lowest BCUT2D eigenvalue weighted by Gasteiger charge is -2.41. The van der Waals surface area contributed by atoms with Gasteiger partial charge in [-0.3, -0.25) is 9.59 Å². The van der Waals surface area contributed by atoms with E-state index in [2.05, 4.69) is 4.98 Å². The molecule has 1 saturated carbocycles. The smallest absolute Gasteiger partial charge is 0.272 e. The Kier molecular flexibility index (Phi) is 4.08. The molecule has 0 radical (unpaired) electrons. The predicted octanol–water partition coefficient (Wildman–Crippen LogP) is 2.17. The fraction of sp³-hybridized carbons (Fsp3) is 0.688. The van der Waals surface area contributed by atoms with Gasteiger partial charge in [0.1, 0.15) is 11.5 Å². The third kappa shape index (κ3) is 2.74. The van der Waals surface area contributed by atoms with Crippen LogP contribution < -0.4 is 0 Å². The lowest BCUT2D eigenvalue weighted by molar-refractivity contribution is -0.127. The molecule has 2 fully saturated rings. The van der Waals surface area contributed by atoms with Gasteiger partial charge in [0.15, 0.2) is 0 Å². The second kappa shape index (κ2) is 6.00. The summed E-state index contributed by atoms with van der Waals surface area (Å²) in [5.41, 5.74) is 0.616. The predicted molar refractivity (Wildman–Crippen MR) is 78.8 cm³/mol. The zero-order valence-corrected chi connectivity index (χ0v) is 12.6. The third-order valence-electron chi connectivity index (χ3n) is 4.91. The molecule has 21 heavy (non-hydrogen) atoms. The summed E-state index contributed by atoms with van der Waals surface area (Å²) in [4.78, 5) is 31.0. The normalized spacial score (nSPS) is 26.9. The first-order valence-corrected chi connectivity index (χ1v) is 7.98. The van der Waals surface area contributed by atoms with E-state index < -0.39 is 0 Å². The zero-order valence-electron chi connectivity index (χ0n) is 12.6. The Bertz CT molecular complexity index is 537. The van der Waals surface area contributed by atoms with Crippen molar-refractivity contribution < 1.29 is 9.59 Å². The van der Waals surface area contributed by atoms with Gasteiger partial charge in [-0.15, -0.1) is 0 Å². The highest BCUT2D eigenvalue weighted by Gasteiger charge is 2.38. The molecule has 0 N–H and O–H groups in total. The molecule has 2 unspecified atom stereocenters. The van der Waals surface area contributed by atoms with Gasteiger partial charge in [-0.05, 0) is 32.1 Å². The number of hydrogen-bond acceptors (Lipinski definition) is 3. The molecule has 3 rings (SSSR count). The van der Waals surface area contributed by atoms with Crippen LogP contribution in [0, 0.1) is 5.92 Å². The van der Waals surface area contributed by atoms with Crippen molar-refractivity contribution in [1.29, 1.82) is 0 Å². The van der Waals surface area contributed by atoms with Crippen LogP contribution in [0.4, 0.5) is 0 Å². The molecule has 1 aromatic heterocycles. The van der Waals surface area contributed by atoms with Gasteiger partial charge < -0.3 is 9.47 Å². The molecule has 0 aromatic carbocycles. The van der Waals surface area contributed by atoms with Gasteiger partial charge in [-0.25, -0.2) is 4.98 Å². The second-order valence-corrected chi connectivity index (χ2v) is 6.27. The molecule has 1 aliphatic heterocycles. The molecule has 0 bridgehead atoms. The zero-order chi connectivity index (χ0) is 14.8. The topological polar surface area (TPSA) is 55.2 Å². The molecule has 1 saturated heterocycles. The highest BCUT2D eigenvalue weighted by atomic mass is 16.2. The fourth-order valence-electron chi connectivity index (χ4n) is 3.76. The van der Waals surface area contributed by atoms with Crippen LogP contribution in [-0.2, 0) is 11.8 Å². The van der Waals surface area contributed by atoms with Crippen molar-refractivity contribution in [3.05, 3.63) is 18.2 Å². The van der Waals surface area contributed by atoms with Crippen molar-refractivity contribution in [3.8, 4) is 0 Å². The number of amides is 1. The van der Waals surface area contributed by atoms with Gasteiger partial charge in [0.2, 0.25) is 0 Å². The number of aryl methyl sites for hydroxylation is 1. The van der Waals surface area contributed by atoms with E-state index in [1.807, 2.05) is 11.9 Å². The summed E-state index contributed by atoms with van der Waals surface area (Å²) in [5.74, 6) is 0.435. The van der Waals surface area contributed by atoms with E-state index in [0.29, 0.717) is 17.9 Å². The average Bonchev–Trinajstić information content (AvgIpc) is 2.93. The number of carbonyl (C=O) groups is 2. The fourth-order valence-corrected chi connectivity index (χ4v) is 3.76. The maximum atomic E-state index is 12.8. The van der Waals surface area contributed by atoms with E-state index in [0.717, 1.165) is 45.1 Å². The van der Waals surface area contributed by atoms with E-state index in [4.69, 9.17) is 0 Å². The van der Waals surface area contributed by atoms with Crippen LogP contribution in [0.3, 0.4) is 0 Å². The summed E-state index contributed by atoms with van der Waals surface area (Å²) < 4.78 is 1.76. The minimum atomic E-state index is 0.0260. The number of hydrogen-bond donors (Lipinski definition) is 0. The molecule has 1 aromatic rings. The van der Waals surface area contributed by atoms with Gasteiger partial charge in [0.25, 0.3) is 5.91 Å². The van der Waals surface area contributed by atoms with Gasteiger partial charge in [-0.1, -0.05) is 6.42 Å². The van der Waals surface area contributed by atoms with Gasteiger partial charge in [0.05, 0.1) is 12.5 Å². The number of ketones is 1. The summed E-state index contributed by atoms with van der Waals surface area (Å²) in [6.45, 7) is 0.762. The average molecular weight is 289 g/mol. The van der Waals surface area contributed by atoms with Crippen LogP contribution in [0.15, 0.2) is 12.5 Å². The van der Waals surface area contributed by atoms with Crippen LogP contribution in [-0.4, -0.2) is 38.7 Å². The molecule has 2 heterocycles. The van der Waals surface area contributed by atoms with Crippen LogP contribution in [0.5, 0.6) is 0 Å². The van der Waals surface area contributed by atoms with Gasteiger partial charge in [-0.2, -0.15) is 0 Å². The Morgan fingerprint density at radius 1 is 1.24 bits per heavy atom. The minimum Gasteiger partial charge on any atom is -0.334 e. The highest BCUT2D eigenvalue weighted by Crippen LogP contribution is 2.32. The number of nitrogens with zero attached hydrogens (tertiary/aromatic N) is 3. The molecule has 0 spiro atoms. The molecular weight excluding hydrogens is 266 g/mol. The Morgan fingerprint density at radius 2 is 2.05 bits per heavy atom. The molecule has 2 atom stereocenters. The molecule has 114 valence electrons. The molecule has 5 nitrogen and oxygen atoms in total. The molecule has 1 aliphatic carbocycles. The summed E-state index contributed by atoms with van der Waals surface area (Å²) in [7, 11) is 1.84. The summed E-state index contributed by atoms with van der Waals surface area (Å²) >= 11 is 0. The van der Waals surface area contributed by atoms with Crippen molar-refractivity contribution in [3.63, 3.8) is 0 Å². The Balaban J connectivity index is 1.82. The van der Waals surface area contributed by atoms with E-state index >= 15 is 0 Å². The summed E-state index contributed by atoms with van der Waals surface area (Å²) in [6.07, 6.45) is 10.1. The second-order valence-electron chi connectivity index (χ2n) is 6.27. The van der Waals surface area contributed by atoms with Crippen LogP contribution in [0.25, 0.3) is 0 Å². The SMILES string of the molecule is Cn1cncc1C(=O)N1CCCCC1C1CCCCC1=O. The van der Waals surface area contributed by atoms with Gasteiger partial charge >= 0.3 is 0 Å². The summed E-state index contributed by atoms with van der Waals surface area (Å²) in [5, 5.41) is 0. The monoisotopic (exact) mass is 289 g/mol. The lowest BCUT2D eigenvalue weighted by Crippen LogP contribution is -2.50. The largest absolute Gasteiger partial charge is 0.334 e. The van der Waals surface area contributed by atoms with E-state index in [9.17, 15) is 9.59 Å².